The van der Waals surface area contributed by atoms with Gasteiger partial charge in [-0.2, -0.15) is 0 Å². The van der Waals surface area contributed by atoms with Crippen molar-refractivity contribution in [1.29, 1.82) is 0 Å². The van der Waals surface area contributed by atoms with Crippen LogP contribution in [0.1, 0.15) is 36.5 Å². The van der Waals surface area contributed by atoms with Crippen molar-refractivity contribution in [3.63, 3.8) is 0 Å². The number of hydrogen-bond acceptors (Lipinski definition) is 6. The fourth-order valence-electron chi connectivity index (χ4n) is 1.53. The Labute approximate surface area is 106 Å². The van der Waals surface area contributed by atoms with Crippen LogP contribution in [0, 0.1) is 0 Å². The number of carbonyl (C=O) groups is 1. The monoisotopic (exact) mass is 256 g/mol. The highest BCUT2D eigenvalue weighted by Crippen LogP contribution is 2.07. The van der Waals surface area contributed by atoms with Gasteiger partial charge in [-0.3, -0.25) is 0 Å². The van der Waals surface area contributed by atoms with Crippen LogP contribution in [-0.2, 0) is 22.6 Å². The second-order valence-corrected chi connectivity index (χ2v) is 3.58. The second-order valence-electron chi connectivity index (χ2n) is 3.58. The van der Waals surface area contributed by atoms with Gasteiger partial charge in [-0.1, -0.05) is 5.21 Å². The average molecular weight is 256 g/mol. The number of carbonyl (C=O) groups excluding carboxylic acids is 1. The van der Waals surface area contributed by atoms with E-state index >= 15 is 0 Å². The molecule has 18 heavy (non-hydrogen) atoms. The summed E-state index contributed by atoms with van der Waals surface area (Å²) >= 11 is 0. The number of nitrogens with two attached hydrogens (primary N) is 1. The molecule has 0 saturated heterocycles. The minimum absolute atomic E-state index is 0.204. The lowest BCUT2D eigenvalue weighted by Crippen LogP contribution is -2.15. The van der Waals surface area contributed by atoms with Crippen molar-refractivity contribution in [2.45, 2.75) is 33.4 Å². The van der Waals surface area contributed by atoms with E-state index in [0.717, 1.165) is 6.42 Å². The second kappa shape index (κ2) is 7.78. The van der Waals surface area contributed by atoms with E-state index < -0.39 is 5.97 Å². The zero-order valence-electron chi connectivity index (χ0n) is 10.9. The molecule has 0 bridgehead atoms. The van der Waals surface area contributed by atoms with E-state index in [-0.39, 0.29) is 12.2 Å². The Hall–Kier alpha value is -1.47. The van der Waals surface area contributed by atoms with Crippen LogP contribution in [0.15, 0.2) is 0 Å². The molecule has 0 amide bonds. The number of ether oxygens (including phenoxy) is 2. The molecular weight excluding hydrogens is 236 g/mol. The SMILES string of the molecule is CCOCCCn1nnc(C(=O)OCC)c1CN. The average Bonchev–Trinajstić information content (AvgIpc) is 2.78. The van der Waals surface area contributed by atoms with Crippen molar-refractivity contribution in [2.24, 2.45) is 5.73 Å². The van der Waals surface area contributed by atoms with Crippen LogP contribution in [0.4, 0.5) is 0 Å². The Morgan fingerprint density at radius 1 is 1.39 bits per heavy atom. The van der Waals surface area contributed by atoms with Crippen molar-refractivity contribution >= 4 is 5.97 Å². The Morgan fingerprint density at radius 2 is 2.17 bits per heavy atom. The molecule has 0 unspecified atom stereocenters. The van der Waals surface area contributed by atoms with Gasteiger partial charge in [-0.05, 0) is 20.3 Å². The summed E-state index contributed by atoms with van der Waals surface area (Å²) in [4.78, 5) is 11.6. The van der Waals surface area contributed by atoms with Crippen LogP contribution >= 0.6 is 0 Å². The molecule has 0 spiro atoms. The van der Waals surface area contributed by atoms with E-state index in [1.807, 2.05) is 6.92 Å². The minimum Gasteiger partial charge on any atom is -0.461 e. The first-order chi connectivity index (χ1) is 8.74. The molecule has 0 fully saturated rings. The van der Waals surface area contributed by atoms with Crippen molar-refractivity contribution in [3.8, 4) is 0 Å². The van der Waals surface area contributed by atoms with Gasteiger partial charge >= 0.3 is 5.97 Å². The predicted octanol–water partition coefficient (Wildman–Crippen LogP) is 0.340. The topological polar surface area (TPSA) is 92.3 Å². The predicted molar refractivity (Wildman–Crippen MR) is 65.0 cm³/mol. The Morgan fingerprint density at radius 3 is 2.78 bits per heavy atom. The first-order valence-electron chi connectivity index (χ1n) is 6.11. The summed E-state index contributed by atoms with van der Waals surface area (Å²) in [5, 5.41) is 7.74. The Kier molecular flexibility index (Phi) is 6.31. The molecule has 1 aromatic rings. The first kappa shape index (κ1) is 14.6. The zero-order valence-corrected chi connectivity index (χ0v) is 10.9. The van der Waals surface area contributed by atoms with Crippen LogP contribution in [0.3, 0.4) is 0 Å². The smallest absolute Gasteiger partial charge is 0.360 e. The van der Waals surface area contributed by atoms with Gasteiger partial charge in [0.1, 0.15) is 0 Å². The third kappa shape index (κ3) is 3.78. The number of nitrogens with zero attached hydrogens (tertiary/aromatic N) is 3. The van der Waals surface area contributed by atoms with Crippen LogP contribution in [-0.4, -0.2) is 40.8 Å². The van der Waals surface area contributed by atoms with E-state index in [9.17, 15) is 4.79 Å². The van der Waals surface area contributed by atoms with Gasteiger partial charge in [-0.25, -0.2) is 9.48 Å². The molecule has 0 radical (unpaired) electrons. The molecule has 0 saturated carbocycles. The van der Waals surface area contributed by atoms with E-state index in [4.69, 9.17) is 15.2 Å². The molecule has 2 N–H and O–H groups in total. The van der Waals surface area contributed by atoms with Gasteiger partial charge in [0, 0.05) is 26.3 Å². The molecule has 0 aliphatic carbocycles. The number of rotatable bonds is 8. The van der Waals surface area contributed by atoms with Crippen molar-refractivity contribution in [3.05, 3.63) is 11.4 Å². The molecule has 0 atom stereocenters. The minimum atomic E-state index is -0.478. The highest BCUT2D eigenvalue weighted by atomic mass is 16.5. The van der Waals surface area contributed by atoms with Crippen molar-refractivity contribution < 1.29 is 14.3 Å². The van der Waals surface area contributed by atoms with Crippen molar-refractivity contribution in [2.75, 3.05) is 19.8 Å². The molecule has 0 aliphatic rings. The van der Waals surface area contributed by atoms with Gasteiger partial charge in [0.15, 0.2) is 5.69 Å². The van der Waals surface area contributed by atoms with E-state index in [2.05, 4.69) is 10.3 Å². The van der Waals surface area contributed by atoms with Gasteiger partial charge in [-0.15, -0.1) is 5.10 Å². The standard InChI is InChI=1S/C11H20N4O3/c1-3-17-7-5-6-15-9(8-12)10(13-14-15)11(16)18-4-2/h3-8,12H2,1-2H3. The molecule has 1 aromatic heterocycles. The number of aryl methyl sites for hydroxylation is 1. The molecular formula is C11H20N4O3. The summed E-state index contributed by atoms with van der Waals surface area (Å²) in [6.07, 6.45) is 0.798. The summed E-state index contributed by atoms with van der Waals surface area (Å²) < 4.78 is 11.8. The van der Waals surface area contributed by atoms with Crippen LogP contribution in [0.2, 0.25) is 0 Å². The maximum atomic E-state index is 11.6. The summed E-state index contributed by atoms with van der Waals surface area (Å²) in [7, 11) is 0. The maximum Gasteiger partial charge on any atom is 0.360 e. The van der Waals surface area contributed by atoms with Crippen LogP contribution in [0.25, 0.3) is 0 Å². The lowest BCUT2D eigenvalue weighted by molar-refractivity contribution is 0.0518. The van der Waals surface area contributed by atoms with E-state index in [0.29, 0.717) is 32.1 Å². The fourth-order valence-corrected chi connectivity index (χ4v) is 1.53. The van der Waals surface area contributed by atoms with Gasteiger partial charge in [0.25, 0.3) is 0 Å². The number of esters is 1. The van der Waals surface area contributed by atoms with Crippen LogP contribution in [0.5, 0.6) is 0 Å². The van der Waals surface area contributed by atoms with Gasteiger partial charge < -0.3 is 15.2 Å². The molecule has 0 aromatic carbocycles. The number of hydrogen-bond donors (Lipinski definition) is 1. The molecule has 7 nitrogen and oxygen atoms in total. The number of aromatic nitrogens is 3. The van der Waals surface area contributed by atoms with Gasteiger partial charge in [0.2, 0.25) is 0 Å². The third-order valence-electron chi connectivity index (χ3n) is 2.36. The molecule has 0 aliphatic heterocycles. The fraction of sp³-hybridized carbons (Fsp3) is 0.727. The summed E-state index contributed by atoms with van der Waals surface area (Å²) in [6, 6.07) is 0. The first-order valence-corrected chi connectivity index (χ1v) is 6.11. The Balaban J connectivity index is 2.66. The summed E-state index contributed by atoms with van der Waals surface area (Å²) in [5.74, 6) is -0.478. The maximum absolute atomic E-state index is 11.6. The lowest BCUT2D eigenvalue weighted by atomic mass is 10.3. The van der Waals surface area contributed by atoms with Crippen LogP contribution < -0.4 is 5.73 Å². The summed E-state index contributed by atoms with van der Waals surface area (Å²) in [5.41, 5.74) is 6.43. The zero-order chi connectivity index (χ0) is 13.4. The molecule has 102 valence electrons. The normalized spacial score (nSPS) is 10.6. The van der Waals surface area contributed by atoms with E-state index in [1.54, 1.807) is 11.6 Å². The molecule has 1 heterocycles. The third-order valence-corrected chi connectivity index (χ3v) is 2.36. The quantitative estimate of drug-likeness (QED) is 0.532. The lowest BCUT2D eigenvalue weighted by Gasteiger charge is -2.05. The molecule has 1 rings (SSSR count). The summed E-state index contributed by atoms with van der Waals surface area (Å²) in [6.45, 7) is 6.16. The Bertz CT molecular complexity index is 378. The highest BCUT2D eigenvalue weighted by molar-refractivity contribution is 5.88. The molecule has 7 heteroatoms. The van der Waals surface area contributed by atoms with E-state index in [1.165, 1.54) is 0 Å². The largest absolute Gasteiger partial charge is 0.461 e. The van der Waals surface area contributed by atoms with Gasteiger partial charge in [0.05, 0.1) is 12.3 Å². The van der Waals surface area contributed by atoms with Crippen molar-refractivity contribution in [1.82, 2.24) is 15.0 Å². The highest BCUT2D eigenvalue weighted by Gasteiger charge is 2.19.